The Morgan fingerprint density at radius 1 is 1.54 bits per heavy atom. The van der Waals surface area contributed by atoms with Gasteiger partial charge in [0.2, 0.25) is 0 Å². The van der Waals surface area contributed by atoms with Crippen molar-refractivity contribution >= 4 is 23.0 Å². The first-order valence-electron chi connectivity index (χ1n) is 3.55. The lowest BCUT2D eigenvalue weighted by molar-refractivity contribution is 0.234. The molecule has 1 heterocycles. The summed E-state index contributed by atoms with van der Waals surface area (Å²) >= 11 is 4.97. The minimum atomic E-state index is -0.919. The fraction of sp³-hybridized carbons (Fsp3) is 0.286. The van der Waals surface area contributed by atoms with Gasteiger partial charge in [-0.25, -0.2) is 4.79 Å². The van der Waals surface area contributed by atoms with Crippen molar-refractivity contribution in [1.29, 1.82) is 0 Å². The van der Waals surface area contributed by atoms with Crippen LogP contribution in [0.25, 0.3) is 0 Å². The van der Waals surface area contributed by atoms with Gasteiger partial charge in [0.15, 0.2) is 0 Å². The van der Waals surface area contributed by atoms with Crippen LogP contribution in [-0.4, -0.2) is 21.2 Å². The van der Waals surface area contributed by atoms with Crippen molar-refractivity contribution in [2.45, 2.75) is 13.8 Å². The molecule has 6 heteroatoms. The number of nitrogens with zero attached hydrogens (tertiary/aromatic N) is 2. The Morgan fingerprint density at radius 2 is 2.15 bits per heavy atom. The smallest absolute Gasteiger partial charge is 0.262 e. The Balaban J connectivity index is 2.88. The molecule has 1 aromatic rings. The summed E-state index contributed by atoms with van der Waals surface area (Å²) in [5.41, 5.74) is 1.35. The summed E-state index contributed by atoms with van der Waals surface area (Å²) in [4.78, 5) is 21.5. The summed E-state index contributed by atoms with van der Waals surface area (Å²) in [5.74, 6) is 0. The van der Waals surface area contributed by atoms with Gasteiger partial charge >= 0.3 is 11.4 Å². The summed E-state index contributed by atoms with van der Waals surface area (Å²) < 4.78 is 1.08. The van der Waals surface area contributed by atoms with Crippen molar-refractivity contribution in [3.63, 3.8) is 0 Å². The van der Waals surface area contributed by atoms with E-state index in [1.165, 1.54) is 0 Å². The van der Waals surface area contributed by atoms with Gasteiger partial charge in [0.25, 0.3) is 0 Å². The molecular formula is C7H8ClN3O2. The summed E-state index contributed by atoms with van der Waals surface area (Å²) in [6.07, 6.45) is 0. The van der Waals surface area contributed by atoms with E-state index in [1.807, 2.05) is 5.32 Å². The predicted octanol–water partition coefficient (Wildman–Crippen LogP) is 1.42. The molecule has 1 rings (SSSR count). The zero-order valence-electron chi connectivity index (χ0n) is 7.17. The summed E-state index contributed by atoms with van der Waals surface area (Å²) in [7, 11) is 0. The van der Waals surface area contributed by atoms with Crippen LogP contribution in [0.2, 0.25) is 0 Å². The number of nitrogens with one attached hydrogen (secondary N) is 1. The van der Waals surface area contributed by atoms with Gasteiger partial charge < -0.3 is 0 Å². The van der Waals surface area contributed by atoms with Crippen molar-refractivity contribution in [2.75, 3.05) is 0 Å². The van der Waals surface area contributed by atoms with Crippen LogP contribution in [0.4, 0.5) is 9.59 Å². The first-order chi connectivity index (χ1) is 6.00. The van der Waals surface area contributed by atoms with Crippen LogP contribution < -0.4 is 5.32 Å². The molecule has 0 saturated carbocycles. The highest BCUT2D eigenvalue weighted by atomic mass is 35.5. The molecule has 5 nitrogen and oxygen atoms in total. The Bertz CT molecular complexity index is 359. The van der Waals surface area contributed by atoms with Gasteiger partial charge in [0.05, 0.1) is 5.69 Å². The highest BCUT2D eigenvalue weighted by Gasteiger charge is 2.11. The number of amides is 2. The number of halogens is 1. The highest BCUT2D eigenvalue weighted by molar-refractivity contribution is 6.64. The first kappa shape index (κ1) is 9.73. The van der Waals surface area contributed by atoms with Gasteiger partial charge in [-0.3, -0.25) is 10.1 Å². The lowest BCUT2D eigenvalue weighted by atomic mass is 10.4. The molecule has 0 radical (unpaired) electrons. The molecule has 0 atom stereocenters. The third kappa shape index (κ3) is 2.29. The van der Waals surface area contributed by atoms with Crippen LogP contribution in [0.5, 0.6) is 0 Å². The van der Waals surface area contributed by atoms with Crippen LogP contribution in [0, 0.1) is 13.8 Å². The monoisotopic (exact) mass is 201 g/mol. The van der Waals surface area contributed by atoms with Crippen molar-refractivity contribution in [1.82, 2.24) is 15.1 Å². The molecular weight excluding hydrogens is 194 g/mol. The Kier molecular flexibility index (Phi) is 2.67. The molecule has 1 N–H and O–H groups in total. The van der Waals surface area contributed by atoms with Gasteiger partial charge in [-0.15, -0.1) is 0 Å². The lowest BCUT2D eigenvalue weighted by Gasteiger charge is -2.00. The summed E-state index contributed by atoms with van der Waals surface area (Å²) in [6.45, 7) is 3.46. The third-order valence-electron chi connectivity index (χ3n) is 1.41. The second kappa shape index (κ2) is 3.57. The van der Waals surface area contributed by atoms with E-state index in [1.54, 1.807) is 19.9 Å². The number of rotatable bonds is 0. The number of hydrogen-bond acceptors (Lipinski definition) is 3. The predicted molar refractivity (Wildman–Crippen MR) is 46.9 cm³/mol. The Morgan fingerprint density at radius 3 is 2.54 bits per heavy atom. The average Bonchev–Trinajstić information content (AvgIpc) is 2.28. The molecule has 0 unspecified atom stereocenters. The summed E-state index contributed by atoms with van der Waals surface area (Å²) in [6, 6.07) is 1.07. The van der Waals surface area contributed by atoms with Crippen LogP contribution in [0.1, 0.15) is 11.4 Å². The quantitative estimate of drug-likeness (QED) is 0.510. The van der Waals surface area contributed by atoms with Crippen molar-refractivity contribution in [3.05, 3.63) is 17.5 Å². The number of aryl methyl sites for hydroxylation is 2. The fourth-order valence-corrected chi connectivity index (χ4v) is 1.05. The van der Waals surface area contributed by atoms with E-state index in [2.05, 4.69) is 5.10 Å². The van der Waals surface area contributed by atoms with Gasteiger partial charge in [0.1, 0.15) is 0 Å². The first-order valence-corrected chi connectivity index (χ1v) is 3.92. The zero-order chi connectivity index (χ0) is 10.0. The number of carbonyl (C=O) groups is 2. The molecule has 0 fully saturated rings. The number of carbonyl (C=O) groups excluding carboxylic acids is 2. The second-order valence-electron chi connectivity index (χ2n) is 2.54. The van der Waals surface area contributed by atoms with Crippen molar-refractivity contribution in [3.8, 4) is 0 Å². The minimum absolute atomic E-state index is 0.646. The Labute approximate surface area is 79.7 Å². The maximum absolute atomic E-state index is 11.2. The molecule has 0 spiro atoms. The fourth-order valence-electron chi connectivity index (χ4n) is 0.972. The van der Waals surface area contributed by atoms with E-state index >= 15 is 0 Å². The standard InChI is InChI=1S/C7H8ClN3O2/c1-4-3-5(2)11(10-4)7(13)9-6(8)12/h3H,1-2H3,(H,9,12,13). The summed E-state index contributed by atoms with van der Waals surface area (Å²) in [5, 5.41) is 4.84. The van der Waals surface area contributed by atoms with Crippen molar-refractivity contribution in [2.24, 2.45) is 0 Å². The van der Waals surface area contributed by atoms with Gasteiger partial charge in [-0.2, -0.15) is 9.78 Å². The molecule has 0 aliphatic rings. The molecule has 1 aromatic heterocycles. The lowest BCUT2D eigenvalue weighted by Crippen LogP contribution is -2.31. The minimum Gasteiger partial charge on any atom is -0.262 e. The Hall–Kier alpha value is -1.36. The molecule has 13 heavy (non-hydrogen) atoms. The molecule has 0 saturated heterocycles. The number of hydrogen-bond donors (Lipinski definition) is 1. The van der Waals surface area contributed by atoms with Crippen LogP contribution in [0.3, 0.4) is 0 Å². The third-order valence-corrected chi connectivity index (χ3v) is 1.50. The van der Waals surface area contributed by atoms with E-state index in [9.17, 15) is 9.59 Å². The van der Waals surface area contributed by atoms with Crippen LogP contribution in [-0.2, 0) is 0 Å². The zero-order valence-corrected chi connectivity index (χ0v) is 7.92. The van der Waals surface area contributed by atoms with Gasteiger partial charge in [-0.05, 0) is 31.5 Å². The number of imide groups is 1. The molecule has 0 aliphatic heterocycles. The second-order valence-corrected chi connectivity index (χ2v) is 2.89. The van der Waals surface area contributed by atoms with Crippen molar-refractivity contribution < 1.29 is 9.59 Å². The molecule has 70 valence electrons. The van der Waals surface area contributed by atoms with Gasteiger partial charge in [-0.1, -0.05) is 0 Å². The van der Waals surface area contributed by atoms with Crippen LogP contribution in [0.15, 0.2) is 6.07 Å². The number of aromatic nitrogens is 2. The molecule has 0 aromatic carbocycles. The van der Waals surface area contributed by atoms with E-state index < -0.39 is 11.4 Å². The van der Waals surface area contributed by atoms with E-state index in [-0.39, 0.29) is 0 Å². The SMILES string of the molecule is Cc1cc(C)n(C(=O)NC(=O)Cl)n1. The maximum Gasteiger partial charge on any atom is 0.349 e. The molecule has 0 aliphatic carbocycles. The van der Waals surface area contributed by atoms with E-state index in [4.69, 9.17) is 11.6 Å². The van der Waals surface area contributed by atoms with Gasteiger partial charge in [0, 0.05) is 5.69 Å². The maximum atomic E-state index is 11.2. The van der Waals surface area contributed by atoms with Crippen LogP contribution >= 0.6 is 11.6 Å². The topological polar surface area (TPSA) is 64.0 Å². The van der Waals surface area contributed by atoms with E-state index in [0.29, 0.717) is 11.4 Å². The highest BCUT2D eigenvalue weighted by Crippen LogP contribution is 2.00. The average molecular weight is 202 g/mol. The molecule has 0 bridgehead atoms. The molecule has 2 amide bonds. The van der Waals surface area contributed by atoms with E-state index in [0.717, 1.165) is 4.68 Å². The largest absolute Gasteiger partial charge is 0.349 e. The normalized spacial score (nSPS) is 9.77.